The minimum absolute atomic E-state index is 0.676. The maximum absolute atomic E-state index is 6.05. The second-order valence-electron chi connectivity index (χ2n) is 9.66. The van der Waals surface area contributed by atoms with Gasteiger partial charge in [0.05, 0.1) is 0 Å². The van der Waals surface area contributed by atoms with E-state index in [2.05, 4.69) is 25.9 Å². The smallest absolute Gasteiger partial charge is 0.374 e. The number of unbranched alkanes of at least 4 members (excludes halogenated alkanes) is 10. The van der Waals surface area contributed by atoms with Crippen LogP contribution in [-0.2, 0) is 13.3 Å². The number of hydrogen-bond acceptors (Lipinski definition) is 4. The summed E-state index contributed by atoms with van der Waals surface area (Å²) in [5.41, 5.74) is 0. The van der Waals surface area contributed by atoms with Crippen molar-refractivity contribution in [3.05, 3.63) is 0 Å². The van der Waals surface area contributed by atoms with Crippen LogP contribution in [-0.4, -0.2) is 54.2 Å². The molecule has 0 heterocycles. The minimum Gasteiger partial charge on any atom is -0.374 e. The van der Waals surface area contributed by atoms with Gasteiger partial charge in [0.25, 0.3) is 0 Å². The largest absolute Gasteiger partial charge is 0.500 e. The van der Waals surface area contributed by atoms with Crippen molar-refractivity contribution in [2.75, 3.05) is 40.5 Å². The lowest BCUT2D eigenvalue weighted by molar-refractivity contribution is 0.0702. The molecule has 0 aromatic heterocycles. The second-order valence-corrected chi connectivity index (χ2v) is 12.4. The first kappa shape index (κ1) is 32.1. The highest BCUT2D eigenvalue weighted by molar-refractivity contribution is 6.60. The van der Waals surface area contributed by atoms with E-state index in [1.54, 1.807) is 0 Å². The molecule has 0 aliphatic carbocycles. The SMILES string of the molecule is CCCCCCCCCCCCCC(CCC[Si](OCC)(OCC)OCC)CCN(C)C. The summed E-state index contributed by atoms with van der Waals surface area (Å²) in [6.45, 7) is 11.7. The van der Waals surface area contributed by atoms with Gasteiger partial charge in [0.2, 0.25) is 0 Å². The predicted octanol–water partition coefficient (Wildman–Crippen LogP) is 8.08. The molecule has 1 atom stereocenters. The number of rotatable bonds is 25. The highest BCUT2D eigenvalue weighted by Gasteiger charge is 2.39. The summed E-state index contributed by atoms with van der Waals surface area (Å²) in [4.78, 5) is 2.33. The monoisotopic (exact) mass is 473 g/mol. The zero-order valence-electron chi connectivity index (χ0n) is 22.9. The molecule has 0 spiro atoms. The molecule has 32 heavy (non-hydrogen) atoms. The van der Waals surface area contributed by atoms with E-state index >= 15 is 0 Å². The summed E-state index contributed by atoms with van der Waals surface area (Å²) in [5, 5.41) is 0. The minimum atomic E-state index is -2.49. The molecule has 0 radical (unpaired) electrons. The van der Waals surface area contributed by atoms with Gasteiger partial charge in [-0.1, -0.05) is 90.4 Å². The average Bonchev–Trinajstić information content (AvgIpc) is 2.75. The van der Waals surface area contributed by atoms with Crippen LogP contribution in [0.15, 0.2) is 0 Å². The molecule has 0 saturated carbocycles. The van der Waals surface area contributed by atoms with Gasteiger partial charge >= 0.3 is 8.80 Å². The van der Waals surface area contributed by atoms with E-state index in [1.165, 1.54) is 96.4 Å². The van der Waals surface area contributed by atoms with E-state index in [1.807, 2.05) is 20.8 Å². The van der Waals surface area contributed by atoms with Crippen LogP contribution in [0, 0.1) is 5.92 Å². The fourth-order valence-corrected chi connectivity index (χ4v) is 7.22. The van der Waals surface area contributed by atoms with Crippen LogP contribution in [0.4, 0.5) is 0 Å². The van der Waals surface area contributed by atoms with E-state index < -0.39 is 8.80 Å². The Morgan fingerprint density at radius 1 is 0.562 bits per heavy atom. The van der Waals surface area contributed by atoms with Crippen molar-refractivity contribution in [1.29, 1.82) is 0 Å². The van der Waals surface area contributed by atoms with Crippen molar-refractivity contribution in [2.45, 2.75) is 130 Å². The molecule has 0 amide bonds. The molecule has 0 aliphatic heterocycles. The van der Waals surface area contributed by atoms with Crippen LogP contribution in [0.2, 0.25) is 6.04 Å². The molecule has 1 unspecified atom stereocenters. The van der Waals surface area contributed by atoms with Crippen LogP contribution in [0.1, 0.15) is 124 Å². The fourth-order valence-electron chi connectivity index (χ4n) is 4.58. The highest BCUT2D eigenvalue weighted by Crippen LogP contribution is 2.26. The summed E-state index contributed by atoms with van der Waals surface area (Å²) >= 11 is 0. The van der Waals surface area contributed by atoms with E-state index in [9.17, 15) is 0 Å². The molecular weight excluding hydrogens is 414 g/mol. The van der Waals surface area contributed by atoms with E-state index in [-0.39, 0.29) is 0 Å². The average molecular weight is 474 g/mol. The van der Waals surface area contributed by atoms with Crippen LogP contribution in [0.25, 0.3) is 0 Å². The lowest BCUT2D eigenvalue weighted by atomic mass is 9.92. The summed E-state index contributed by atoms with van der Waals surface area (Å²) in [6.07, 6.45) is 20.7. The lowest BCUT2D eigenvalue weighted by Crippen LogP contribution is -2.46. The van der Waals surface area contributed by atoms with Gasteiger partial charge in [-0.3, -0.25) is 0 Å². The summed E-state index contributed by atoms with van der Waals surface area (Å²) in [7, 11) is 1.90. The lowest BCUT2D eigenvalue weighted by Gasteiger charge is -2.29. The van der Waals surface area contributed by atoms with Crippen LogP contribution < -0.4 is 0 Å². The van der Waals surface area contributed by atoms with Crippen molar-refractivity contribution in [2.24, 2.45) is 5.92 Å². The maximum atomic E-state index is 6.05. The molecule has 0 bridgehead atoms. The zero-order valence-corrected chi connectivity index (χ0v) is 23.9. The quantitative estimate of drug-likeness (QED) is 0.0990. The predicted molar refractivity (Wildman–Crippen MR) is 142 cm³/mol. The van der Waals surface area contributed by atoms with Gasteiger partial charge in [-0.25, -0.2) is 0 Å². The Balaban J connectivity index is 4.20. The Morgan fingerprint density at radius 2 is 1.00 bits per heavy atom. The van der Waals surface area contributed by atoms with Gasteiger partial charge in [-0.15, -0.1) is 0 Å². The topological polar surface area (TPSA) is 30.9 Å². The maximum Gasteiger partial charge on any atom is 0.500 e. The standard InChI is InChI=1S/C27H59NO3Si/c1-7-11-12-13-14-15-16-17-18-19-20-22-27(24-25-28(5)6)23-21-26-32(29-8-2,30-9-3)31-10-4/h27H,7-26H2,1-6H3. The highest BCUT2D eigenvalue weighted by atomic mass is 28.4. The van der Waals surface area contributed by atoms with Gasteiger partial charge in [0, 0.05) is 25.9 Å². The molecule has 0 aromatic carbocycles. The van der Waals surface area contributed by atoms with Crippen LogP contribution in [0.3, 0.4) is 0 Å². The second kappa shape index (κ2) is 22.8. The third-order valence-corrected chi connectivity index (χ3v) is 9.54. The zero-order chi connectivity index (χ0) is 23.9. The Labute approximate surface area is 203 Å². The first-order valence-electron chi connectivity index (χ1n) is 14.1. The number of hydrogen-bond donors (Lipinski definition) is 0. The van der Waals surface area contributed by atoms with Gasteiger partial charge in [0.1, 0.15) is 0 Å². The van der Waals surface area contributed by atoms with E-state index in [0.717, 1.165) is 18.4 Å². The van der Waals surface area contributed by atoms with Crippen molar-refractivity contribution in [3.8, 4) is 0 Å². The van der Waals surface area contributed by atoms with Crippen LogP contribution in [0.5, 0.6) is 0 Å². The molecule has 0 N–H and O–H groups in total. The third-order valence-electron chi connectivity index (χ3n) is 6.39. The van der Waals surface area contributed by atoms with Gasteiger partial charge in [-0.05, 0) is 60.2 Å². The van der Waals surface area contributed by atoms with E-state index in [0.29, 0.717) is 19.8 Å². The first-order chi connectivity index (χ1) is 15.5. The van der Waals surface area contributed by atoms with Gasteiger partial charge < -0.3 is 18.2 Å². The van der Waals surface area contributed by atoms with Crippen LogP contribution >= 0.6 is 0 Å². The molecule has 0 aliphatic rings. The number of nitrogens with zero attached hydrogens (tertiary/aromatic N) is 1. The Morgan fingerprint density at radius 3 is 1.44 bits per heavy atom. The summed E-state index contributed by atoms with van der Waals surface area (Å²) in [5.74, 6) is 0.813. The van der Waals surface area contributed by atoms with Crippen molar-refractivity contribution in [1.82, 2.24) is 4.90 Å². The molecule has 0 aromatic rings. The van der Waals surface area contributed by atoms with E-state index in [4.69, 9.17) is 13.3 Å². The molecule has 0 fully saturated rings. The normalized spacial score (nSPS) is 13.2. The summed E-state index contributed by atoms with van der Waals surface area (Å²) < 4.78 is 18.1. The van der Waals surface area contributed by atoms with Crippen molar-refractivity contribution < 1.29 is 13.3 Å². The molecule has 194 valence electrons. The molecule has 4 nitrogen and oxygen atoms in total. The van der Waals surface area contributed by atoms with Crippen molar-refractivity contribution in [3.63, 3.8) is 0 Å². The summed E-state index contributed by atoms with van der Waals surface area (Å²) in [6, 6.07) is 0.958. The molecular formula is C27H59NO3Si. The first-order valence-corrected chi connectivity index (χ1v) is 16.0. The van der Waals surface area contributed by atoms with Gasteiger partial charge in [0.15, 0.2) is 0 Å². The fraction of sp³-hybridized carbons (Fsp3) is 1.00. The molecule has 5 heteroatoms. The third kappa shape index (κ3) is 18.5. The van der Waals surface area contributed by atoms with Gasteiger partial charge in [-0.2, -0.15) is 0 Å². The molecule has 0 saturated heterocycles. The Bertz CT molecular complexity index is 365. The Hall–Kier alpha value is 0.0569. The Kier molecular flexibility index (Phi) is 22.9. The van der Waals surface area contributed by atoms with Crippen molar-refractivity contribution >= 4 is 8.80 Å². The molecule has 0 rings (SSSR count).